The molecule has 3 N–H and O–H groups in total. The molecular weight excluding hydrogens is 388 g/mol. The molecule has 0 spiro atoms. The highest BCUT2D eigenvalue weighted by Crippen LogP contribution is 2.25. The number of aryl methyl sites for hydroxylation is 1. The van der Waals surface area contributed by atoms with Crippen LogP contribution in [0.1, 0.15) is 24.2 Å². The van der Waals surface area contributed by atoms with E-state index in [9.17, 15) is 5.11 Å². The number of unbranched alkanes of at least 4 members (excludes halogenated alkanes) is 1. The van der Waals surface area contributed by atoms with Gasteiger partial charge in [-0.25, -0.2) is 4.85 Å². The molecule has 0 fully saturated rings. The van der Waals surface area contributed by atoms with Crippen molar-refractivity contribution >= 4 is 33.2 Å². The second-order valence-electron chi connectivity index (χ2n) is 7.97. The number of nitrogens with zero attached hydrogens (tertiary/aromatic N) is 2. The van der Waals surface area contributed by atoms with E-state index in [1.807, 2.05) is 36.4 Å². The molecule has 0 aliphatic carbocycles. The van der Waals surface area contributed by atoms with Crippen molar-refractivity contribution in [2.45, 2.75) is 25.9 Å². The fourth-order valence-corrected chi connectivity index (χ4v) is 3.93. The summed E-state index contributed by atoms with van der Waals surface area (Å²) >= 11 is 0. The van der Waals surface area contributed by atoms with E-state index >= 15 is 0 Å². The van der Waals surface area contributed by atoms with Crippen LogP contribution in [-0.4, -0.2) is 41.7 Å². The van der Waals surface area contributed by atoms with Gasteiger partial charge in [0, 0.05) is 35.9 Å². The number of fused-ring (bicyclic) bond motifs is 2. The molecule has 160 valence electrons. The third-order valence-corrected chi connectivity index (χ3v) is 5.66. The van der Waals surface area contributed by atoms with Gasteiger partial charge < -0.3 is 24.7 Å². The zero-order valence-corrected chi connectivity index (χ0v) is 17.8. The summed E-state index contributed by atoms with van der Waals surface area (Å²) in [4.78, 5) is 9.20. The van der Waals surface area contributed by atoms with Crippen molar-refractivity contribution in [3.05, 3.63) is 71.4 Å². The molecule has 2 aromatic heterocycles. The van der Waals surface area contributed by atoms with Crippen LogP contribution in [0.2, 0.25) is 0 Å². The molecule has 2 aromatic carbocycles. The number of hydrogen-bond donors (Lipinski definition) is 3. The molecule has 0 amide bonds. The van der Waals surface area contributed by atoms with Gasteiger partial charge in [0.05, 0.1) is 6.57 Å². The lowest BCUT2D eigenvalue weighted by Crippen LogP contribution is -2.26. The molecule has 0 saturated carbocycles. The standard InChI is InChI=1S/C25H28N4O2/c1-26-20-6-8-24-23(15-20)18(16-28-24)5-3-4-11-29(2)12-10-27-21-7-9-25-19(13-21)14-22(17-30)31-25/h6-9,13-16,27-28,30H,3-5,10-12,17H2,2H3. The summed E-state index contributed by atoms with van der Waals surface area (Å²) in [5.74, 6) is 0.589. The van der Waals surface area contributed by atoms with Crippen molar-refractivity contribution < 1.29 is 9.52 Å². The molecule has 4 rings (SSSR count). The quantitative estimate of drug-likeness (QED) is 0.242. The Balaban J connectivity index is 1.19. The molecule has 0 radical (unpaired) electrons. The van der Waals surface area contributed by atoms with Crippen LogP contribution in [0.3, 0.4) is 0 Å². The third-order valence-electron chi connectivity index (χ3n) is 5.66. The fraction of sp³-hybridized carbons (Fsp3) is 0.320. The van der Waals surface area contributed by atoms with Crippen LogP contribution in [0.4, 0.5) is 11.4 Å². The van der Waals surface area contributed by atoms with E-state index in [0.29, 0.717) is 11.4 Å². The minimum Gasteiger partial charge on any atom is -0.459 e. The van der Waals surface area contributed by atoms with E-state index < -0.39 is 0 Å². The summed E-state index contributed by atoms with van der Waals surface area (Å²) in [5.41, 5.74) is 4.95. The number of furan rings is 1. The van der Waals surface area contributed by atoms with E-state index in [2.05, 4.69) is 39.4 Å². The second-order valence-corrected chi connectivity index (χ2v) is 7.97. The van der Waals surface area contributed by atoms with Crippen LogP contribution >= 0.6 is 0 Å². The molecule has 31 heavy (non-hydrogen) atoms. The third kappa shape index (κ3) is 5.08. The molecule has 0 bridgehead atoms. The van der Waals surface area contributed by atoms with Crippen molar-refractivity contribution in [1.29, 1.82) is 0 Å². The topological polar surface area (TPSA) is 68.8 Å². The molecule has 2 heterocycles. The summed E-state index contributed by atoms with van der Waals surface area (Å²) < 4.78 is 5.53. The smallest absolute Gasteiger partial charge is 0.187 e. The number of H-pyrrole nitrogens is 1. The number of aromatic amines is 1. The number of hydrogen-bond acceptors (Lipinski definition) is 4. The summed E-state index contributed by atoms with van der Waals surface area (Å²) in [6.07, 6.45) is 5.36. The number of rotatable bonds is 10. The number of aromatic nitrogens is 1. The van der Waals surface area contributed by atoms with E-state index in [-0.39, 0.29) is 6.61 Å². The van der Waals surface area contributed by atoms with Gasteiger partial charge in [0.2, 0.25) is 0 Å². The van der Waals surface area contributed by atoms with E-state index in [1.165, 1.54) is 10.9 Å². The Hall–Kier alpha value is -3.27. The summed E-state index contributed by atoms with van der Waals surface area (Å²) in [5, 5.41) is 14.8. The lowest BCUT2D eigenvalue weighted by molar-refractivity contribution is 0.251. The Bertz CT molecular complexity index is 1200. The maximum absolute atomic E-state index is 9.19. The van der Waals surface area contributed by atoms with Gasteiger partial charge in [-0.05, 0) is 80.2 Å². The molecule has 0 atom stereocenters. The van der Waals surface area contributed by atoms with Crippen LogP contribution in [0.15, 0.2) is 53.1 Å². The number of nitrogens with one attached hydrogen (secondary N) is 2. The Kier molecular flexibility index (Phi) is 6.56. The number of benzene rings is 2. The lowest BCUT2D eigenvalue weighted by atomic mass is 10.1. The molecule has 4 aromatic rings. The largest absolute Gasteiger partial charge is 0.459 e. The van der Waals surface area contributed by atoms with Crippen LogP contribution in [0.5, 0.6) is 0 Å². The second kappa shape index (κ2) is 9.69. The van der Waals surface area contributed by atoms with Crippen molar-refractivity contribution in [2.75, 3.05) is 32.0 Å². The number of likely N-dealkylation sites (N-methyl/N-ethyl adjacent to an activating group) is 1. The predicted octanol–water partition coefficient (Wildman–Crippen LogP) is 5.32. The van der Waals surface area contributed by atoms with Gasteiger partial charge in [0.1, 0.15) is 18.0 Å². The van der Waals surface area contributed by atoms with Gasteiger partial charge in [-0.1, -0.05) is 6.07 Å². The first-order valence-corrected chi connectivity index (χ1v) is 10.7. The number of aliphatic hydroxyl groups is 1. The maximum Gasteiger partial charge on any atom is 0.187 e. The van der Waals surface area contributed by atoms with Crippen molar-refractivity contribution in [3.63, 3.8) is 0 Å². The molecule has 0 unspecified atom stereocenters. The van der Waals surface area contributed by atoms with Crippen LogP contribution < -0.4 is 5.32 Å². The number of anilines is 1. The average molecular weight is 417 g/mol. The van der Waals surface area contributed by atoms with Crippen LogP contribution in [-0.2, 0) is 13.0 Å². The first kappa shape index (κ1) is 21.0. The van der Waals surface area contributed by atoms with Crippen molar-refractivity contribution in [1.82, 2.24) is 9.88 Å². The van der Waals surface area contributed by atoms with Crippen LogP contribution in [0.25, 0.3) is 26.7 Å². The molecule has 0 aliphatic heterocycles. The minimum atomic E-state index is -0.0788. The van der Waals surface area contributed by atoms with Gasteiger partial charge in [0.25, 0.3) is 0 Å². The fourth-order valence-electron chi connectivity index (χ4n) is 3.93. The minimum absolute atomic E-state index is 0.0788. The summed E-state index contributed by atoms with van der Waals surface area (Å²) in [6, 6.07) is 13.7. The maximum atomic E-state index is 9.19. The Morgan fingerprint density at radius 3 is 2.87 bits per heavy atom. The normalized spacial score (nSPS) is 11.4. The molecule has 0 aliphatic rings. The summed E-state index contributed by atoms with van der Waals surface area (Å²) in [6.45, 7) is 10.0. The van der Waals surface area contributed by atoms with Gasteiger partial charge in [0.15, 0.2) is 5.69 Å². The molecule has 0 saturated heterocycles. The van der Waals surface area contributed by atoms with Gasteiger partial charge in [-0.2, -0.15) is 0 Å². The Labute approximate surface area is 182 Å². The first-order chi connectivity index (χ1) is 15.2. The first-order valence-electron chi connectivity index (χ1n) is 10.7. The molecule has 6 nitrogen and oxygen atoms in total. The zero-order valence-electron chi connectivity index (χ0n) is 17.8. The highest BCUT2D eigenvalue weighted by Gasteiger charge is 2.06. The average Bonchev–Trinajstić information content (AvgIpc) is 3.39. The van der Waals surface area contributed by atoms with Gasteiger partial charge >= 0.3 is 0 Å². The van der Waals surface area contributed by atoms with Crippen molar-refractivity contribution in [2.24, 2.45) is 0 Å². The number of aliphatic hydroxyl groups excluding tert-OH is 1. The van der Waals surface area contributed by atoms with Crippen LogP contribution in [0, 0.1) is 6.57 Å². The van der Waals surface area contributed by atoms with E-state index in [0.717, 1.165) is 61.1 Å². The Morgan fingerprint density at radius 1 is 1.13 bits per heavy atom. The zero-order chi connectivity index (χ0) is 21.6. The van der Waals surface area contributed by atoms with Crippen molar-refractivity contribution in [3.8, 4) is 0 Å². The molecule has 6 heteroatoms. The Morgan fingerprint density at radius 2 is 2.03 bits per heavy atom. The summed E-state index contributed by atoms with van der Waals surface area (Å²) in [7, 11) is 2.15. The monoisotopic (exact) mass is 416 g/mol. The highest BCUT2D eigenvalue weighted by molar-refractivity contribution is 5.86. The highest BCUT2D eigenvalue weighted by atomic mass is 16.4. The van der Waals surface area contributed by atoms with E-state index in [1.54, 1.807) is 0 Å². The van der Waals surface area contributed by atoms with E-state index in [4.69, 9.17) is 11.0 Å². The van der Waals surface area contributed by atoms with Gasteiger partial charge in [-0.3, -0.25) is 0 Å². The van der Waals surface area contributed by atoms with Gasteiger partial charge in [-0.15, -0.1) is 0 Å². The lowest BCUT2D eigenvalue weighted by Gasteiger charge is -2.17. The predicted molar refractivity (Wildman–Crippen MR) is 126 cm³/mol. The molecular formula is C25H28N4O2. The SMILES string of the molecule is [C-]#[N+]c1ccc2[nH]cc(CCCCN(C)CCNc3ccc4oc(CO)cc4c3)c2c1.